The first-order valence-corrected chi connectivity index (χ1v) is 6.05. The molecule has 90 valence electrons. The summed E-state index contributed by atoms with van der Waals surface area (Å²) in [4.78, 5) is 12.5. The van der Waals surface area contributed by atoms with Gasteiger partial charge in [0.05, 0.1) is 18.7 Å². The smallest absolute Gasteiger partial charge is 0.269 e. The van der Waals surface area contributed by atoms with E-state index in [1.165, 1.54) is 18.4 Å². The maximum atomic E-state index is 12.0. The number of benzene rings is 1. The van der Waals surface area contributed by atoms with E-state index < -0.39 is 0 Å². The first-order chi connectivity index (χ1) is 8.74. The van der Waals surface area contributed by atoms with E-state index in [0.29, 0.717) is 21.9 Å². The van der Waals surface area contributed by atoms with Crippen LogP contribution in [0.4, 0.5) is 5.69 Å². The summed E-state index contributed by atoms with van der Waals surface area (Å²) in [5.41, 5.74) is 1.10. The summed E-state index contributed by atoms with van der Waals surface area (Å²) in [5, 5.41) is 13.3. The second-order valence-electron chi connectivity index (χ2n) is 3.46. The van der Waals surface area contributed by atoms with Crippen molar-refractivity contribution in [1.29, 1.82) is 5.26 Å². The summed E-state index contributed by atoms with van der Waals surface area (Å²) in [5.74, 6) is 0.311. The zero-order chi connectivity index (χ0) is 13.0. The minimum atomic E-state index is -0.239. The Labute approximate surface area is 108 Å². The van der Waals surface area contributed by atoms with E-state index in [1.807, 2.05) is 6.07 Å². The van der Waals surface area contributed by atoms with Crippen LogP contribution in [0, 0.1) is 11.3 Å². The van der Waals surface area contributed by atoms with Crippen LogP contribution in [0.5, 0.6) is 5.75 Å². The number of hydrogen-bond acceptors (Lipinski definition) is 4. The third kappa shape index (κ3) is 2.50. The van der Waals surface area contributed by atoms with Gasteiger partial charge in [-0.3, -0.25) is 4.79 Å². The zero-order valence-electron chi connectivity index (χ0n) is 9.64. The normalized spacial score (nSPS) is 9.56. The van der Waals surface area contributed by atoms with Gasteiger partial charge in [0, 0.05) is 5.69 Å². The number of amides is 1. The molecule has 2 aromatic rings. The molecule has 2 rings (SSSR count). The fourth-order valence-corrected chi connectivity index (χ4v) is 2.23. The lowest BCUT2D eigenvalue weighted by atomic mass is 10.2. The first kappa shape index (κ1) is 12.1. The molecule has 1 aromatic carbocycles. The molecule has 0 aliphatic carbocycles. The van der Waals surface area contributed by atoms with Crippen molar-refractivity contribution in [3.8, 4) is 11.8 Å². The number of rotatable bonds is 3. The molecule has 0 radical (unpaired) electrons. The number of methoxy groups -OCH3 is 1. The molecule has 0 aliphatic rings. The number of thiophene rings is 1. The Bertz CT molecular complexity index is 613. The molecule has 0 fully saturated rings. The van der Waals surface area contributed by atoms with Crippen molar-refractivity contribution >= 4 is 22.9 Å². The van der Waals surface area contributed by atoms with E-state index in [1.54, 1.807) is 35.7 Å². The highest BCUT2D eigenvalue weighted by Gasteiger charge is 2.13. The Morgan fingerprint density at radius 3 is 3.00 bits per heavy atom. The van der Waals surface area contributed by atoms with Crippen molar-refractivity contribution in [2.75, 3.05) is 12.4 Å². The van der Waals surface area contributed by atoms with Crippen LogP contribution in [-0.2, 0) is 0 Å². The molecule has 0 atom stereocenters. The minimum Gasteiger partial charge on any atom is -0.495 e. The Morgan fingerprint density at radius 2 is 2.28 bits per heavy atom. The summed E-state index contributed by atoms with van der Waals surface area (Å²) in [6, 6.07) is 10.5. The van der Waals surface area contributed by atoms with Crippen molar-refractivity contribution in [2.24, 2.45) is 0 Å². The van der Waals surface area contributed by atoms with Gasteiger partial charge in [-0.1, -0.05) is 6.07 Å². The Hall–Kier alpha value is -2.32. The molecule has 1 heterocycles. The van der Waals surface area contributed by atoms with Gasteiger partial charge in [0.1, 0.15) is 10.6 Å². The maximum Gasteiger partial charge on any atom is 0.269 e. The number of nitrogens with zero attached hydrogens (tertiary/aromatic N) is 1. The lowest BCUT2D eigenvalue weighted by Gasteiger charge is -2.05. The summed E-state index contributed by atoms with van der Waals surface area (Å²) in [7, 11) is 1.52. The van der Waals surface area contributed by atoms with Crippen molar-refractivity contribution in [3.05, 3.63) is 46.2 Å². The summed E-state index contributed by atoms with van der Waals surface area (Å²) >= 11 is 1.31. The SMILES string of the molecule is COc1ccsc1C(=O)Nc1cccc(C#N)c1. The number of ether oxygens (including phenoxy) is 1. The minimum absolute atomic E-state index is 0.239. The molecule has 0 aliphatic heterocycles. The van der Waals surface area contributed by atoms with Gasteiger partial charge in [-0.15, -0.1) is 11.3 Å². The number of hydrogen-bond donors (Lipinski definition) is 1. The van der Waals surface area contributed by atoms with Crippen LogP contribution in [0.1, 0.15) is 15.2 Å². The number of nitriles is 1. The van der Waals surface area contributed by atoms with Crippen LogP contribution >= 0.6 is 11.3 Å². The van der Waals surface area contributed by atoms with Crippen molar-refractivity contribution in [3.63, 3.8) is 0 Å². The van der Waals surface area contributed by atoms with Crippen LogP contribution in [0.15, 0.2) is 35.7 Å². The van der Waals surface area contributed by atoms with Crippen LogP contribution in [0.25, 0.3) is 0 Å². The van der Waals surface area contributed by atoms with E-state index in [4.69, 9.17) is 10.00 Å². The zero-order valence-corrected chi connectivity index (χ0v) is 10.5. The molecule has 4 nitrogen and oxygen atoms in total. The fourth-order valence-electron chi connectivity index (χ4n) is 1.48. The van der Waals surface area contributed by atoms with Crippen LogP contribution in [-0.4, -0.2) is 13.0 Å². The van der Waals surface area contributed by atoms with Gasteiger partial charge in [0.2, 0.25) is 0 Å². The summed E-state index contributed by atoms with van der Waals surface area (Å²) in [6.07, 6.45) is 0. The highest BCUT2D eigenvalue weighted by atomic mass is 32.1. The van der Waals surface area contributed by atoms with Gasteiger partial charge in [0.15, 0.2) is 0 Å². The molecule has 0 spiro atoms. The predicted octanol–water partition coefficient (Wildman–Crippen LogP) is 2.88. The van der Waals surface area contributed by atoms with Crippen LogP contribution in [0.2, 0.25) is 0 Å². The Balaban J connectivity index is 2.19. The van der Waals surface area contributed by atoms with Crippen molar-refractivity contribution in [1.82, 2.24) is 0 Å². The molecular formula is C13H10N2O2S. The molecule has 5 heteroatoms. The highest BCUT2D eigenvalue weighted by molar-refractivity contribution is 7.12. The van der Waals surface area contributed by atoms with Gasteiger partial charge >= 0.3 is 0 Å². The van der Waals surface area contributed by atoms with Crippen LogP contribution < -0.4 is 10.1 Å². The molecule has 0 saturated carbocycles. The fraction of sp³-hybridized carbons (Fsp3) is 0.0769. The largest absolute Gasteiger partial charge is 0.495 e. The van der Waals surface area contributed by atoms with E-state index >= 15 is 0 Å². The van der Waals surface area contributed by atoms with Gasteiger partial charge in [-0.05, 0) is 29.6 Å². The van der Waals surface area contributed by atoms with E-state index in [0.717, 1.165) is 0 Å². The molecule has 0 bridgehead atoms. The van der Waals surface area contributed by atoms with Gasteiger partial charge in [0.25, 0.3) is 5.91 Å². The van der Waals surface area contributed by atoms with E-state index in [2.05, 4.69) is 5.32 Å². The van der Waals surface area contributed by atoms with Crippen LogP contribution in [0.3, 0.4) is 0 Å². The lowest BCUT2D eigenvalue weighted by molar-refractivity contribution is 0.102. The molecule has 0 unspecified atom stereocenters. The van der Waals surface area contributed by atoms with Crippen molar-refractivity contribution in [2.45, 2.75) is 0 Å². The monoisotopic (exact) mass is 258 g/mol. The quantitative estimate of drug-likeness (QED) is 0.920. The highest BCUT2D eigenvalue weighted by Crippen LogP contribution is 2.25. The Morgan fingerprint density at radius 1 is 1.44 bits per heavy atom. The summed E-state index contributed by atoms with van der Waals surface area (Å²) in [6.45, 7) is 0. The number of anilines is 1. The second-order valence-corrected chi connectivity index (χ2v) is 4.38. The second kappa shape index (κ2) is 5.34. The van der Waals surface area contributed by atoms with Crippen molar-refractivity contribution < 1.29 is 9.53 Å². The topological polar surface area (TPSA) is 62.1 Å². The predicted molar refractivity (Wildman–Crippen MR) is 70.0 cm³/mol. The molecular weight excluding hydrogens is 248 g/mol. The average molecular weight is 258 g/mol. The standard InChI is InChI=1S/C13H10N2O2S/c1-17-11-5-6-18-12(11)13(16)15-10-4-2-3-9(7-10)8-14/h2-7H,1H3,(H,15,16). The molecule has 1 amide bonds. The van der Waals surface area contributed by atoms with Gasteiger partial charge in [-0.2, -0.15) is 5.26 Å². The maximum absolute atomic E-state index is 12.0. The molecule has 0 saturated heterocycles. The Kier molecular flexibility index (Phi) is 3.60. The van der Waals surface area contributed by atoms with Gasteiger partial charge in [-0.25, -0.2) is 0 Å². The third-order valence-electron chi connectivity index (χ3n) is 2.30. The van der Waals surface area contributed by atoms with Gasteiger partial charge < -0.3 is 10.1 Å². The average Bonchev–Trinajstić information content (AvgIpc) is 2.87. The number of carbonyl (C=O) groups excluding carboxylic acids is 1. The lowest BCUT2D eigenvalue weighted by Crippen LogP contribution is -2.11. The molecule has 1 N–H and O–H groups in total. The first-order valence-electron chi connectivity index (χ1n) is 5.17. The molecule has 1 aromatic heterocycles. The third-order valence-corrected chi connectivity index (χ3v) is 3.20. The molecule has 18 heavy (non-hydrogen) atoms. The van der Waals surface area contributed by atoms with E-state index in [9.17, 15) is 4.79 Å². The number of carbonyl (C=O) groups is 1. The summed E-state index contributed by atoms with van der Waals surface area (Å²) < 4.78 is 5.09. The number of nitrogens with one attached hydrogen (secondary N) is 1. The van der Waals surface area contributed by atoms with E-state index in [-0.39, 0.29) is 5.91 Å².